The normalized spacial score (nSPS) is 14.3. The second-order valence-electron chi connectivity index (χ2n) is 7.03. The maximum Gasteiger partial charge on any atom is 0.260 e. The molecule has 2 aromatic rings. The average Bonchev–Trinajstić information content (AvgIpc) is 2.77. The van der Waals surface area contributed by atoms with Crippen LogP contribution in [-0.4, -0.2) is 43.0 Å². The summed E-state index contributed by atoms with van der Waals surface area (Å²) in [7, 11) is 0. The number of benzene rings is 2. The summed E-state index contributed by atoms with van der Waals surface area (Å²) in [5.41, 5.74) is 1.08. The maximum atomic E-state index is 12.5. The Morgan fingerprint density at radius 1 is 0.966 bits per heavy atom. The molecule has 1 heterocycles. The van der Waals surface area contributed by atoms with Gasteiger partial charge >= 0.3 is 0 Å². The van der Waals surface area contributed by atoms with Gasteiger partial charge in [-0.25, -0.2) is 0 Å². The van der Waals surface area contributed by atoms with Crippen LogP contribution in [0.4, 0.5) is 0 Å². The summed E-state index contributed by atoms with van der Waals surface area (Å²) < 4.78 is 11.2. The number of nitrogens with zero attached hydrogens (tertiary/aromatic N) is 1. The van der Waals surface area contributed by atoms with Gasteiger partial charge in [0.15, 0.2) is 18.1 Å². The molecule has 0 unspecified atom stereocenters. The number of hydrogen-bond acceptors (Lipinski definition) is 4. The molecule has 1 N–H and O–H groups in total. The molecule has 0 spiro atoms. The van der Waals surface area contributed by atoms with Crippen molar-refractivity contribution in [3.05, 3.63) is 60.2 Å². The molecule has 0 aliphatic carbocycles. The SMILES string of the molecule is CCOc1ccccc1OCC(=O)N1CCC(C(=O)NCc2ccccc2)CC1. The predicted octanol–water partition coefficient (Wildman–Crippen LogP) is 3.02. The van der Waals surface area contributed by atoms with E-state index in [0.717, 1.165) is 5.56 Å². The van der Waals surface area contributed by atoms with Crippen LogP contribution < -0.4 is 14.8 Å². The van der Waals surface area contributed by atoms with E-state index in [2.05, 4.69) is 5.32 Å². The van der Waals surface area contributed by atoms with E-state index in [0.29, 0.717) is 50.6 Å². The highest BCUT2D eigenvalue weighted by atomic mass is 16.5. The van der Waals surface area contributed by atoms with E-state index >= 15 is 0 Å². The highest BCUT2D eigenvalue weighted by Gasteiger charge is 2.27. The molecule has 0 bridgehead atoms. The molecule has 154 valence electrons. The third kappa shape index (κ3) is 5.98. The number of piperidine rings is 1. The van der Waals surface area contributed by atoms with Crippen LogP contribution in [0.3, 0.4) is 0 Å². The van der Waals surface area contributed by atoms with Gasteiger partial charge in [0.1, 0.15) is 0 Å². The summed E-state index contributed by atoms with van der Waals surface area (Å²) in [6, 6.07) is 17.2. The summed E-state index contributed by atoms with van der Waals surface area (Å²) in [4.78, 5) is 26.7. The molecule has 6 nitrogen and oxygen atoms in total. The molecule has 2 amide bonds. The van der Waals surface area contributed by atoms with E-state index in [4.69, 9.17) is 9.47 Å². The molecule has 1 fully saturated rings. The van der Waals surface area contributed by atoms with E-state index in [-0.39, 0.29) is 24.3 Å². The molecular formula is C23H28N2O4. The van der Waals surface area contributed by atoms with Crippen molar-refractivity contribution in [3.8, 4) is 11.5 Å². The standard InChI is InChI=1S/C23H28N2O4/c1-2-28-20-10-6-7-11-21(20)29-17-22(26)25-14-12-19(13-15-25)23(27)24-16-18-8-4-3-5-9-18/h3-11,19H,2,12-17H2,1H3,(H,24,27). The van der Waals surface area contributed by atoms with E-state index in [9.17, 15) is 9.59 Å². The lowest BCUT2D eigenvalue weighted by molar-refractivity contribution is -0.137. The first kappa shape index (κ1) is 20.7. The second-order valence-corrected chi connectivity index (χ2v) is 7.03. The highest BCUT2D eigenvalue weighted by Crippen LogP contribution is 2.26. The average molecular weight is 396 g/mol. The Hall–Kier alpha value is -3.02. The Kier molecular flexibility index (Phi) is 7.50. The van der Waals surface area contributed by atoms with Crippen molar-refractivity contribution < 1.29 is 19.1 Å². The van der Waals surface area contributed by atoms with Gasteiger partial charge in [0.25, 0.3) is 5.91 Å². The van der Waals surface area contributed by atoms with Crippen LogP contribution in [0, 0.1) is 5.92 Å². The zero-order chi connectivity index (χ0) is 20.5. The van der Waals surface area contributed by atoms with Crippen molar-refractivity contribution in [1.82, 2.24) is 10.2 Å². The fourth-order valence-electron chi connectivity index (χ4n) is 3.40. The number of ether oxygens (including phenoxy) is 2. The van der Waals surface area contributed by atoms with Gasteiger partial charge < -0.3 is 19.7 Å². The van der Waals surface area contributed by atoms with E-state index < -0.39 is 0 Å². The van der Waals surface area contributed by atoms with Crippen molar-refractivity contribution in [2.45, 2.75) is 26.3 Å². The number of para-hydroxylation sites is 2. The molecule has 0 radical (unpaired) electrons. The van der Waals surface area contributed by atoms with Crippen molar-refractivity contribution in [2.75, 3.05) is 26.3 Å². The molecule has 0 saturated carbocycles. The van der Waals surface area contributed by atoms with Crippen LogP contribution >= 0.6 is 0 Å². The van der Waals surface area contributed by atoms with Crippen molar-refractivity contribution in [1.29, 1.82) is 0 Å². The molecule has 6 heteroatoms. The van der Waals surface area contributed by atoms with Gasteiger partial charge in [0.05, 0.1) is 6.61 Å². The van der Waals surface area contributed by atoms with Gasteiger partial charge in [-0.1, -0.05) is 42.5 Å². The van der Waals surface area contributed by atoms with Gasteiger partial charge in [-0.2, -0.15) is 0 Å². The van der Waals surface area contributed by atoms with Gasteiger partial charge in [0, 0.05) is 25.6 Å². The summed E-state index contributed by atoms with van der Waals surface area (Å²) >= 11 is 0. The predicted molar refractivity (Wildman–Crippen MR) is 111 cm³/mol. The first-order chi connectivity index (χ1) is 14.2. The lowest BCUT2D eigenvalue weighted by atomic mass is 9.96. The number of likely N-dealkylation sites (tertiary alicyclic amines) is 1. The summed E-state index contributed by atoms with van der Waals surface area (Å²) in [5.74, 6) is 1.14. The summed E-state index contributed by atoms with van der Waals surface area (Å²) in [6.45, 7) is 4.08. The van der Waals surface area contributed by atoms with Crippen molar-refractivity contribution in [3.63, 3.8) is 0 Å². The Morgan fingerprint density at radius 3 is 2.24 bits per heavy atom. The first-order valence-corrected chi connectivity index (χ1v) is 10.1. The Labute approximate surface area is 171 Å². The largest absolute Gasteiger partial charge is 0.490 e. The zero-order valence-corrected chi connectivity index (χ0v) is 16.8. The second kappa shape index (κ2) is 10.5. The fraction of sp³-hybridized carbons (Fsp3) is 0.391. The van der Waals surface area contributed by atoms with Gasteiger partial charge in [-0.05, 0) is 37.5 Å². The zero-order valence-electron chi connectivity index (χ0n) is 16.8. The van der Waals surface area contributed by atoms with Gasteiger partial charge in [0.2, 0.25) is 5.91 Å². The summed E-state index contributed by atoms with van der Waals surface area (Å²) in [6.07, 6.45) is 1.34. The third-order valence-electron chi connectivity index (χ3n) is 5.03. The molecule has 29 heavy (non-hydrogen) atoms. The number of carbonyl (C=O) groups excluding carboxylic acids is 2. The Morgan fingerprint density at radius 2 is 1.59 bits per heavy atom. The molecule has 1 aliphatic rings. The van der Waals surface area contributed by atoms with Crippen LogP contribution in [0.2, 0.25) is 0 Å². The molecule has 1 aliphatic heterocycles. The Bertz CT molecular complexity index is 802. The minimum atomic E-state index is -0.0700. The molecular weight excluding hydrogens is 368 g/mol. The number of amides is 2. The van der Waals surface area contributed by atoms with Crippen LogP contribution in [0.15, 0.2) is 54.6 Å². The number of hydrogen-bond donors (Lipinski definition) is 1. The summed E-state index contributed by atoms with van der Waals surface area (Å²) in [5, 5.41) is 3.00. The van der Waals surface area contributed by atoms with Crippen LogP contribution in [0.1, 0.15) is 25.3 Å². The van der Waals surface area contributed by atoms with Crippen LogP contribution in [0.5, 0.6) is 11.5 Å². The lowest BCUT2D eigenvalue weighted by Gasteiger charge is -2.31. The number of carbonyl (C=O) groups is 2. The topological polar surface area (TPSA) is 67.9 Å². The minimum Gasteiger partial charge on any atom is -0.490 e. The quantitative estimate of drug-likeness (QED) is 0.745. The van der Waals surface area contributed by atoms with Crippen molar-refractivity contribution >= 4 is 11.8 Å². The maximum absolute atomic E-state index is 12.5. The molecule has 0 aromatic heterocycles. The molecule has 0 atom stereocenters. The molecule has 2 aromatic carbocycles. The van der Waals surface area contributed by atoms with Gasteiger partial charge in [-0.3, -0.25) is 9.59 Å². The van der Waals surface area contributed by atoms with E-state index in [1.54, 1.807) is 11.0 Å². The van der Waals surface area contributed by atoms with E-state index in [1.807, 2.05) is 55.5 Å². The molecule has 1 saturated heterocycles. The smallest absolute Gasteiger partial charge is 0.260 e. The van der Waals surface area contributed by atoms with E-state index in [1.165, 1.54) is 0 Å². The number of rotatable bonds is 8. The van der Waals surface area contributed by atoms with Crippen LogP contribution in [-0.2, 0) is 16.1 Å². The highest BCUT2D eigenvalue weighted by molar-refractivity contribution is 5.80. The third-order valence-corrected chi connectivity index (χ3v) is 5.03. The molecule has 3 rings (SSSR count). The fourth-order valence-corrected chi connectivity index (χ4v) is 3.40. The van der Waals surface area contributed by atoms with Gasteiger partial charge in [-0.15, -0.1) is 0 Å². The number of nitrogens with one attached hydrogen (secondary N) is 1. The minimum absolute atomic E-state index is 0.0328. The monoisotopic (exact) mass is 396 g/mol. The van der Waals surface area contributed by atoms with Crippen LogP contribution in [0.25, 0.3) is 0 Å². The Balaban J connectivity index is 1.42. The van der Waals surface area contributed by atoms with Crippen molar-refractivity contribution in [2.24, 2.45) is 5.92 Å². The first-order valence-electron chi connectivity index (χ1n) is 10.1. The lowest BCUT2D eigenvalue weighted by Crippen LogP contribution is -2.44.